The number of aromatic hydroxyl groups is 2. The highest BCUT2D eigenvalue weighted by Gasteiger charge is 2.29. The average molecular weight is 223 g/mol. The van der Waals surface area contributed by atoms with Crippen LogP contribution in [0.2, 0.25) is 0 Å². The molecule has 1 heterocycles. The smallest absolute Gasteiger partial charge is 0.157 e. The van der Waals surface area contributed by atoms with Crippen molar-refractivity contribution >= 4 is 0 Å². The molecule has 1 fully saturated rings. The summed E-state index contributed by atoms with van der Waals surface area (Å²) in [6, 6.07) is 4.69. The predicted octanol–water partition coefficient (Wildman–Crippen LogP) is 0.755. The molecule has 1 saturated heterocycles. The molecule has 1 aromatic carbocycles. The van der Waals surface area contributed by atoms with E-state index in [1.807, 2.05) is 0 Å². The Bertz CT molecular complexity index is 373. The summed E-state index contributed by atoms with van der Waals surface area (Å²) in [6.45, 7) is 1.64. The number of aliphatic hydroxyl groups is 1. The minimum absolute atomic E-state index is 0.124. The molecule has 0 unspecified atom stereocenters. The van der Waals surface area contributed by atoms with Gasteiger partial charge in [-0.25, -0.2) is 0 Å². The van der Waals surface area contributed by atoms with Gasteiger partial charge in [0.25, 0.3) is 0 Å². The van der Waals surface area contributed by atoms with Gasteiger partial charge in [-0.2, -0.15) is 0 Å². The molecule has 0 aliphatic carbocycles. The van der Waals surface area contributed by atoms with E-state index >= 15 is 0 Å². The molecule has 2 rings (SSSR count). The molecule has 0 spiro atoms. The first-order valence-electron chi connectivity index (χ1n) is 5.53. The molecular weight excluding hydrogens is 206 g/mol. The lowest BCUT2D eigenvalue weighted by atomic mass is 9.86. The average Bonchev–Trinajstić information content (AvgIpc) is 2.24. The summed E-state index contributed by atoms with van der Waals surface area (Å²) in [5.74, 6) is -0.254. The maximum Gasteiger partial charge on any atom is 0.157 e. The van der Waals surface area contributed by atoms with E-state index in [-0.39, 0.29) is 11.5 Å². The lowest BCUT2D eigenvalue weighted by Gasteiger charge is -2.32. The number of hydrogen-bond donors (Lipinski definition) is 4. The zero-order valence-electron chi connectivity index (χ0n) is 9.11. The van der Waals surface area contributed by atoms with Crippen LogP contribution < -0.4 is 5.32 Å². The molecule has 0 amide bonds. The van der Waals surface area contributed by atoms with Gasteiger partial charge in [0.05, 0.1) is 5.60 Å². The zero-order valence-corrected chi connectivity index (χ0v) is 9.11. The van der Waals surface area contributed by atoms with Crippen LogP contribution in [0.1, 0.15) is 18.4 Å². The Morgan fingerprint density at radius 3 is 2.44 bits per heavy atom. The van der Waals surface area contributed by atoms with Crippen LogP contribution in [0, 0.1) is 0 Å². The maximum atomic E-state index is 10.3. The number of phenols is 2. The highest BCUT2D eigenvalue weighted by atomic mass is 16.3. The lowest BCUT2D eigenvalue weighted by Crippen LogP contribution is -2.43. The summed E-state index contributed by atoms with van der Waals surface area (Å²) in [7, 11) is 0. The van der Waals surface area contributed by atoms with E-state index < -0.39 is 5.60 Å². The first-order chi connectivity index (χ1) is 7.59. The van der Waals surface area contributed by atoms with Crippen molar-refractivity contribution in [2.24, 2.45) is 0 Å². The molecule has 4 nitrogen and oxygen atoms in total. The van der Waals surface area contributed by atoms with Gasteiger partial charge in [0.2, 0.25) is 0 Å². The lowest BCUT2D eigenvalue weighted by molar-refractivity contribution is 0.0108. The van der Waals surface area contributed by atoms with Crippen molar-refractivity contribution in [2.75, 3.05) is 13.1 Å². The van der Waals surface area contributed by atoms with Crippen LogP contribution in [0.3, 0.4) is 0 Å². The fraction of sp³-hybridized carbons (Fsp3) is 0.500. The standard InChI is InChI=1S/C12H17NO3/c14-10-2-1-9(7-11(10)15)8-12(16)3-5-13-6-4-12/h1-2,7,13-16H,3-6,8H2. The van der Waals surface area contributed by atoms with Crippen LogP contribution in [0.25, 0.3) is 0 Å². The predicted molar refractivity (Wildman–Crippen MR) is 60.5 cm³/mol. The summed E-state index contributed by atoms with van der Waals surface area (Å²) in [5, 5.41) is 32.1. The van der Waals surface area contributed by atoms with Crippen LogP contribution in [0.15, 0.2) is 18.2 Å². The van der Waals surface area contributed by atoms with E-state index in [1.165, 1.54) is 12.1 Å². The van der Waals surface area contributed by atoms with Crippen molar-refractivity contribution in [3.05, 3.63) is 23.8 Å². The fourth-order valence-electron chi connectivity index (χ4n) is 2.13. The van der Waals surface area contributed by atoms with Gasteiger partial charge in [-0.05, 0) is 43.6 Å². The minimum Gasteiger partial charge on any atom is -0.504 e. The van der Waals surface area contributed by atoms with Crippen LogP contribution >= 0.6 is 0 Å². The van der Waals surface area contributed by atoms with E-state index in [0.29, 0.717) is 19.3 Å². The number of phenolic OH excluding ortho intramolecular Hbond substituents is 2. The monoisotopic (exact) mass is 223 g/mol. The first-order valence-corrected chi connectivity index (χ1v) is 5.53. The summed E-state index contributed by atoms with van der Waals surface area (Å²) in [4.78, 5) is 0. The Balaban J connectivity index is 2.10. The van der Waals surface area contributed by atoms with E-state index in [9.17, 15) is 15.3 Å². The second-order valence-corrected chi connectivity index (χ2v) is 4.47. The molecule has 88 valence electrons. The van der Waals surface area contributed by atoms with Gasteiger partial charge in [0, 0.05) is 6.42 Å². The Kier molecular flexibility index (Phi) is 3.03. The molecule has 0 aromatic heterocycles. The van der Waals surface area contributed by atoms with E-state index in [2.05, 4.69) is 5.32 Å². The third-order valence-electron chi connectivity index (χ3n) is 3.11. The van der Waals surface area contributed by atoms with Crippen molar-refractivity contribution < 1.29 is 15.3 Å². The molecule has 16 heavy (non-hydrogen) atoms. The summed E-state index contributed by atoms with van der Waals surface area (Å²) in [5.41, 5.74) is 0.161. The molecule has 1 aliphatic heterocycles. The van der Waals surface area contributed by atoms with Gasteiger partial charge < -0.3 is 20.6 Å². The van der Waals surface area contributed by atoms with E-state index in [0.717, 1.165) is 18.7 Å². The number of hydrogen-bond acceptors (Lipinski definition) is 4. The highest BCUT2D eigenvalue weighted by molar-refractivity contribution is 5.40. The molecular formula is C12H17NO3. The van der Waals surface area contributed by atoms with E-state index in [4.69, 9.17) is 0 Å². The van der Waals surface area contributed by atoms with Gasteiger partial charge >= 0.3 is 0 Å². The second kappa shape index (κ2) is 4.31. The Morgan fingerprint density at radius 1 is 1.12 bits per heavy atom. The van der Waals surface area contributed by atoms with Gasteiger partial charge in [-0.15, -0.1) is 0 Å². The largest absolute Gasteiger partial charge is 0.504 e. The van der Waals surface area contributed by atoms with Gasteiger partial charge in [-0.3, -0.25) is 0 Å². The maximum absolute atomic E-state index is 10.3. The summed E-state index contributed by atoms with van der Waals surface area (Å²) in [6.07, 6.45) is 1.95. The van der Waals surface area contributed by atoms with Crippen molar-refractivity contribution in [2.45, 2.75) is 24.9 Å². The molecule has 0 saturated carbocycles. The van der Waals surface area contributed by atoms with Crippen molar-refractivity contribution in [1.29, 1.82) is 0 Å². The van der Waals surface area contributed by atoms with E-state index in [1.54, 1.807) is 6.07 Å². The molecule has 0 radical (unpaired) electrons. The number of nitrogens with one attached hydrogen (secondary N) is 1. The van der Waals surface area contributed by atoms with Crippen molar-refractivity contribution in [3.63, 3.8) is 0 Å². The van der Waals surface area contributed by atoms with Gasteiger partial charge in [0.1, 0.15) is 0 Å². The van der Waals surface area contributed by atoms with Gasteiger partial charge in [0.15, 0.2) is 11.5 Å². The number of rotatable bonds is 2. The topological polar surface area (TPSA) is 72.7 Å². The normalized spacial score (nSPS) is 19.6. The van der Waals surface area contributed by atoms with Gasteiger partial charge in [-0.1, -0.05) is 6.07 Å². The van der Waals surface area contributed by atoms with Crippen LogP contribution in [-0.4, -0.2) is 34.0 Å². The molecule has 0 atom stereocenters. The minimum atomic E-state index is -0.686. The molecule has 1 aromatic rings. The first kappa shape index (κ1) is 11.2. The Morgan fingerprint density at radius 2 is 1.81 bits per heavy atom. The Labute approximate surface area is 94.5 Å². The molecule has 0 bridgehead atoms. The highest BCUT2D eigenvalue weighted by Crippen LogP contribution is 2.29. The number of piperidine rings is 1. The third-order valence-corrected chi connectivity index (χ3v) is 3.11. The summed E-state index contributed by atoms with van der Waals surface area (Å²) < 4.78 is 0. The summed E-state index contributed by atoms with van der Waals surface area (Å²) >= 11 is 0. The van der Waals surface area contributed by atoms with Crippen LogP contribution in [0.5, 0.6) is 11.5 Å². The fourth-order valence-corrected chi connectivity index (χ4v) is 2.13. The van der Waals surface area contributed by atoms with Crippen LogP contribution in [-0.2, 0) is 6.42 Å². The molecule has 4 N–H and O–H groups in total. The second-order valence-electron chi connectivity index (χ2n) is 4.47. The van der Waals surface area contributed by atoms with Crippen molar-refractivity contribution in [1.82, 2.24) is 5.32 Å². The van der Waals surface area contributed by atoms with Crippen LogP contribution in [0.4, 0.5) is 0 Å². The zero-order chi connectivity index (χ0) is 11.6. The van der Waals surface area contributed by atoms with Crippen molar-refractivity contribution in [3.8, 4) is 11.5 Å². The number of benzene rings is 1. The Hall–Kier alpha value is -1.26. The SMILES string of the molecule is Oc1ccc(CC2(O)CCNCC2)cc1O. The molecule has 4 heteroatoms. The third kappa shape index (κ3) is 2.46. The quantitative estimate of drug-likeness (QED) is 0.558. The molecule has 1 aliphatic rings.